The Bertz CT molecular complexity index is 268. The van der Waals surface area contributed by atoms with Crippen LogP contribution >= 0.6 is 0 Å². The fourth-order valence-corrected chi connectivity index (χ4v) is 2.68. The van der Waals surface area contributed by atoms with Crippen LogP contribution in [0.3, 0.4) is 0 Å². The van der Waals surface area contributed by atoms with Crippen molar-refractivity contribution < 1.29 is 13.5 Å². The van der Waals surface area contributed by atoms with Crippen molar-refractivity contribution in [3.05, 3.63) is 0 Å². The van der Waals surface area contributed by atoms with Gasteiger partial charge in [-0.1, -0.05) is 0 Å². The zero-order chi connectivity index (χ0) is 10.8. The summed E-state index contributed by atoms with van der Waals surface area (Å²) < 4.78 is 23.0. The third kappa shape index (κ3) is 2.93. The van der Waals surface area contributed by atoms with E-state index in [9.17, 15) is 13.5 Å². The smallest absolute Gasteiger partial charge is 0.155 e. The normalized spacial score (nSPS) is 25.6. The Morgan fingerprint density at radius 2 is 2.14 bits per heavy atom. The zero-order valence-corrected chi connectivity index (χ0v) is 9.55. The highest BCUT2D eigenvalue weighted by atomic mass is 32.2. The van der Waals surface area contributed by atoms with Crippen LogP contribution in [0.5, 0.6) is 0 Å². The maximum atomic E-state index is 11.5. The van der Waals surface area contributed by atoms with E-state index in [4.69, 9.17) is 0 Å². The Hall–Kier alpha value is -0.130. The third-order valence-electron chi connectivity index (χ3n) is 2.68. The monoisotopic (exact) mass is 221 g/mol. The van der Waals surface area contributed by atoms with Crippen LogP contribution in [0, 0.1) is 0 Å². The second-order valence-electron chi connectivity index (χ2n) is 4.15. The lowest BCUT2D eigenvalue weighted by atomic mass is 10.1. The Morgan fingerprint density at radius 1 is 1.50 bits per heavy atom. The number of sulfone groups is 1. The van der Waals surface area contributed by atoms with Gasteiger partial charge in [-0.2, -0.15) is 0 Å². The maximum Gasteiger partial charge on any atom is 0.155 e. The first-order valence-corrected chi connectivity index (χ1v) is 6.78. The molecule has 0 aromatic rings. The van der Waals surface area contributed by atoms with E-state index in [2.05, 4.69) is 5.32 Å². The van der Waals surface area contributed by atoms with Gasteiger partial charge in [-0.05, 0) is 33.2 Å². The van der Waals surface area contributed by atoms with Gasteiger partial charge in [-0.15, -0.1) is 0 Å². The van der Waals surface area contributed by atoms with Gasteiger partial charge >= 0.3 is 0 Å². The zero-order valence-electron chi connectivity index (χ0n) is 8.73. The molecule has 1 aliphatic rings. The fraction of sp³-hybridized carbons (Fsp3) is 1.00. The first kappa shape index (κ1) is 11.9. The average Bonchev–Trinajstić information content (AvgIpc) is 2.54. The average molecular weight is 221 g/mol. The summed E-state index contributed by atoms with van der Waals surface area (Å²) in [6, 6.07) is -0.0384. The number of nitrogens with one attached hydrogen (secondary N) is 1. The van der Waals surface area contributed by atoms with Crippen LogP contribution in [-0.4, -0.2) is 43.2 Å². The maximum absolute atomic E-state index is 11.5. The second kappa shape index (κ2) is 4.59. The van der Waals surface area contributed by atoms with Crippen LogP contribution < -0.4 is 5.32 Å². The molecule has 0 amide bonds. The van der Waals surface area contributed by atoms with Crippen molar-refractivity contribution in [2.45, 2.75) is 44.1 Å². The molecule has 0 aliphatic carbocycles. The van der Waals surface area contributed by atoms with Gasteiger partial charge in [0.25, 0.3) is 0 Å². The highest BCUT2D eigenvalue weighted by Crippen LogP contribution is 2.12. The van der Waals surface area contributed by atoms with Crippen LogP contribution in [0.2, 0.25) is 0 Å². The summed E-state index contributed by atoms with van der Waals surface area (Å²) in [5.41, 5.74) is 0. The number of aliphatic hydroxyl groups excluding tert-OH is 1. The lowest BCUT2D eigenvalue weighted by molar-refractivity contribution is 0.157. The van der Waals surface area contributed by atoms with E-state index in [0.29, 0.717) is 0 Å². The molecule has 0 aromatic heterocycles. The van der Waals surface area contributed by atoms with Crippen molar-refractivity contribution in [1.82, 2.24) is 5.32 Å². The van der Waals surface area contributed by atoms with Crippen LogP contribution in [0.4, 0.5) is 0 Å². The van der Waals surface area contributed by atoms with Crippen LogP contribution in [0.15, 0.2) is 0 Å². The lowest BCUT2D eigenvalue weighted by Gasteiger charge is -2.19. The first-order valence-electron chi connectivity index (χ1n) is 5.06. The summed E-state index contributed by atoms with van der Waals surface area (Å²) in [5, 5.41) is 12.4. The van der Waals surface area contributed by atoms with E-state index >= 15 is 0 Å². The quantitative estimate of drug-likeness (QED) is 0.697. The van der Waals surface area contributed by atoms with E-state index in [1.807, 2.05) is 0 Å². The van der Waals surface area contributed by atoms with Crippen molar-refractivity contribution >= 4 is 9.84 Å². The van der Waals surface area contributed by atoms with Crippen molar-refractivity contribution in [2.24, 2.45) is 0 Å². The minimum absolute atomic E-state index is 0.0384. The van der Waals surface area contributed by atoms with Gasteiger partial charge in [-0.25, -0.2) is 8.42 Å². The van der Waals surface area contributed by atoms with Gasteiger partial charge in [0.05, 0.1) is 17.1 Å². The molecule has 5 heteroatoms. The minimum Gasteiger partial charge on any atom is -0.390 e. The highest BCUT2D eigenvalue weighted by Gasteiger charge is 2.28. The van der Waals surface area contributed by atoms with Crippen molar-refractivity contribution in [3.63, 3.8) is 0 Å². The SMILES string of the molecule is CC(C)S(=O)(=O)C[C@@H](O)[C@@H]1CCCN1. The predicted molar refractivity (Wildman–Crippen MR) is 56.0 cm³/mol. The summed E-state index contributed by atoms with van der Waals surface area (Å²) in [4.78, 5) is 0. The molecule has 1 heterocycles. The number of hydrogen-bond acceptors (Lipinski definition) is 4. The van der Waals surface area contributed by atoms with Crippen molar-refractivity contribution in [1.29, 1.82) is 0 Å². The Labute approximate surface area is 85.6 Å². The third-order valence-corrected chi connectivity index (χ3v) is 4.93. The largest absolute Gasteiger partial charge is 0.390 e. The van der Waals surface area contributed by atoms with E-state index < -0.39 is 21.2 Å². The first-order chi connectivity index (χ1) is 6.43. The Balaban J connectivity index is 2.51. The molecule has 1 aliphatic heterocycles. The van der Waals surface area contributed by atoms with Crippen LogP contribution in [0.25, 0.3) is 0 Å². The second-order valence-corrected chi connectivity index (χ2v) is 6.75. The number of hydrogen-bond donors (Lipinski definition) is 2. The molecule has 2 N–H and O–H groups in total. The van der Waals surface area contributed by atoms with E-state index in [-0.39, 0.29) is 11.8 Å². The molecule has 1 rings (SSSR count). The highest BCUT2D eigenvalue weighted by molar-refractivity contribution is 7.92. The Morgan fingerprint density at radius 3 is 2.57 bits per heavy atom. The molecule has 0 unspecified atom stereocenters. The van der Waals surface area contributed by atoms with Gasteiger partial charge in [0.1, 0.15) is 0 Å². The van der Waals surface area contributed by atoms with Crippen molar-refractivity contribution in [3.8, 4) is 0 Å². The molecule has 1 fully saturated rings. The fourth-order valence-electron chi connectivity index (χ4n) is 1.59. The summed E-state index contributed by atoms with van der Waals surface area (Å²) >= 11 is 0. The molecule has 0 radical (unpaired) electrons. The molecule has 2 atom stereocenters. The van der Waals surface area contributed by atoms with Crippen molar-refractivity contribution in [2.75, 3.05) is 12.3 Å². The van der Waals surface area contributed by atoms with Gasteiger partial charge in [0.15, 0.2) is 9.84 Å². The van der Waals surface area contributed by atoms with E-state index in [1.54, 1.807) is 13.8 Å². The molecular weight excluding hydrogens is 202 g/mol. The van der Waals surface area contributed by atoms with Gasteiger partial charge in [0.2, 0.25) is 0 Å². The van der Waals surface area contributed by atoms with Gasteiger partial charge in [-0.3, -0.25) is 0 Å². The molecule has 84 valence electrons. The predicted octanol–water partition coefficient (Wildman–Crippen LogP) is -0.0775. The summed E-state index contributed by atoms with van der Waals surface area (Å²) in [7, 11) is -3.12. The van der Waals surface area contributed by atoms with E-state index in [1.165, 1.54) is 0 Å². The Kier molecular flexibility index (Phi) is 3.92. The molecule has 4 nitrogen and oxygen atoms in total. The summed E-state index contributed by atoms with van der Waals surface area (Å²) in [5.74, 6) is -0.123. The molecule has 1 saturated heterocycles. The molecule has 0 aromatic carbocycles. The molecule has 14 heavy (non-hydrogen) atoms. The summed E-state index contributed by atoms with van der Waals surface area (Å²) in [6.45, 7) is 4.16. The minimum atomic E-state index is -3.12. The topological polar surface area (TPSA) is 66.4 Å². The number of rotatable bonds is 4. The van der Waals surface area contributed by atoms with Crippen LogP contribution in [0.1, 0.15) is 26.7 Å². The number of aliphatic hydroxyl groups is 1. The van der Waals surface area contributed by atoms with Gasteiger partial charge in [0, 0.05) is 6.04 Å². The molecule has 0 saturated carbocycles. The molecule has 0 bridgehead atoms. The van der Waals surface area contributed by atoms with E-state index in [0.717, 1.165) is 19.4 Å². The standard InChI is InChI=1S/C9H19NO3S/c1-7(2)14(12,13)6-9(11)8-4-3-5-10-8/h7-11H,3-6H2,1-2H3/t8-,9+/m0/s1. The van der Waals surface area contributed by atoms with Crippen LogP contribution in [-0.2, 0) is 9.84 Å². The summed E-state index contributed by atoms with van der Waals surface area (Å²) in [6.07, 6.45) is 1.13. The molecule has 0 spiro atoms. The van der Waals surface area contributed by atoms with Gasteiger partial charge < -0.3 is 10.4 Å². The lowest BCUT2D eigenvalue weighted by Crippen LogP contribution is -2.40. The molecular formula is C9H19NO3S.